The van der Waals surface area contributed by atoms with Crippen LogP contribution < -0.4 is 16.1 Å². The fraction of sp³-hybridized carbons (Fsp3) is 0.321. The molecule has 0 aliphatic carbocycles. The molecule has 8 heteroatoms. The zero-order valence-electron chi connectivity index (χ0n) is 21.0. The summed E-state index contributed by atoms with van der Waals surface area (Å²) in [7, 11) is 0. The van der Waals surface area contributed by atoms with Crippen molar-refractivity contribution < 1.29 is 9.18 Å². The summed E-state index contributed by atoms with van der Waals surface area (Å²) in [6.07, 6.45) is 3.29. The van der Waals surface area contributed by atoms with Crippen molar-refractivity contribution in [1.29, 1.82) is 0 Å². The van der Waals surface area contributed by atoms with E-state index in [2.05, 4.69) is 28.0 Å². The first-order chi connectivity index (χ1) is 17.4. The molecule has 1 aromatic heterocycles. The lowest BCUT2D eigenvalue weighted by molar-refractivity contribution is 0.0958. The van der Waals surface area contributed by atoms with Gasteiger partial charge in [-0.1, -0.05) is 38.5 Å². The minimum atomic E-state index is -0.375. The fourth-order valence-corrected chi connectivity index (χ4v) is 4.73. The topological polar surface area (TPSA) is 81.7 Å². The number of amidine groups is 1. The first-order valence-electron chi connectivity index (χ1n) is 12.5. The van der Waals surface area contributed by atoms with Gasteiger partial charge >= 0.3 is 0 Å². The Morgan fingerprint density at radius 2 is 1.89 bits per heavy atom. The fourth-order valence-electron chi connectivity index (χ4n) is 4.73. The molecule has 0 radical (unpaired) electrons. The number of rotatable bonds is 7. The van der Waals surface area contributed by atoms with E-state index in [4.69, 9.17) is 4.99 Å². The van der Waals surface area contributed by atoms with Gasteiger partial charge in [0.2, 0.25) is 0 Å². The molecule has 186 valence electrons. The van der Waals surface area contributed by atoms with Gasteiger partial charge in [-0.2, -0.15) is 5.01 Å². The standard InChI is InChI=1S/C28H31FN6O/c1-5-7-20-10-8-19(15-30-20)21-11-9-18(13-24(21)29)26-33-28(35(6-2)34-26)32-25-14-22-17(4)31-27(36)23(22)12-16(25)3/h8-15,17,28,32H,5-7H2,1-4H3,(H,31,36)(H,33,34). The summed E-state index contributed by atoms with van der Waals surface area (Å²) in [5.74, 6) is 0.241. The Bertz CT molecular complexity index is 1340. The molecule has 0 spiro atoms. The van der Waals surface area contributed by atoms with Crippen molar-refractivity contribution in [2.24, 2.45) is 4.99 Å². The monoisotopic (exact) mass is 486 g/mol. The summed E-state index contributed by atoms with van der Waals surface area (Å²) in [6, 6.07) is 12.9. The number of aliphatic imine (C=N–C) groups is 1. The first-order valence-corrected chi connectivity index (χ1v) is 12.5. The Hall–Kier alpha value is -3.78. The Morgan fingerprint density at radius 3 is 2.58 bits per heavy atom. The van der Waals surface area contributed by atoms with Crippen LogP contribution in [0.25, 0.3) is 11.1 Å². The molecular formula is C28H31FN6O. The van der Waals surface area contributed by atoms with E-state index in [1.54, 1.807) is 12.3 Å². The summed E-state index contributed by atoms with van der Waals surface area (Å²) < 4.78 is 15.1. The molecule has 0 saturated heterocycles. The van der Waals surface area contributed by atoms with Gasteiger partial charge in [-0.15, -0.1) is 0 Å². The number of aromatic nitrogens is 1. The van der Waals surface area contributed by atoms with Crippen LogP contribution in [0.2, 0.25) is 0 Å². The van der Waals surface area contributed by atoms with Gasteiger partial charge in [0.1, 0.15) is 11.7 Å². The summed E-state index contributed by atoms with van der Waals surface area (Å²) in [6.45, 7) is 8.77. The molecule has 0 fully saturated rings. The molecule has 1 amide bonds. The van der Waals surface area contributed by atoms with Crippen molar-refractivity contribution in [2.75, 3.05) is 11.9 Å². The average molecular weight is 487 g/mol. The van der Waals surface area contributed by atoms with Gasteiger partial charge < -0.3 is 10.6 Å². The van der Waals surface area contributed by atoms with Gasteiger partial charge in [-0.3, -0.25) is 15.2 Å². The van der Waals surface area contributed by atoms with E-state index in [0.29, 0.717) is 23.5 Å². The van der Waals surface area contributed by atoms with Crippen molar-refractivity contribution in [3.8, 4) is 11.1 Å². The van der Waals surface area contributed by atoms with Crippen LogP contribution in [0.4, 0.5) is 10.1 Å². The van der Waals surface area contributed by atoms with Gasteiger partial charge in [0, 0.05) is 46.4 Å². The summed E-state index contributed by atoms with van der Waals surface area (Å²) in [5, 5.41) is 8.38. The minimum Gasteiger partial charge on any atom is -0.350 e. The third-order valence-electron chi connectivity index (χ3n) is 6.76. The van der Waals surface area contributed by atoms with Crippen molar-refractivity contribution in [3.05, 3.63) is 82.4 Å². The zero-order chi connectivity index (χ0) is 25.4. The zero-order valence-corrected chi connectivity index (χ0v) is 21.0. The van der Waals surface area contributed by atoms with Crippen LogP contribution in [-0.2, 0) is 6.42 Å². The molecule has 36 heavy (non-hydrogen) atoms. The van der Waals surface area contributed by atoms with Crippen LogP contribution in [0.15, 0.2) is 53.7 Å². The maximum absolute atomic E-state index is 15.1. The number of nitrogens with one attached hydrogen (secondary N) is 3. The number of hydrogen-bond acceptors (Lipinski definition) is 6. The number of carbonyl (C=O) groups excluding carboxylic acids is 1. The van der Waals surface area contributed by atoms with E-state index < -0.39 is 0 Å². The Labute approximate surface area is 210 Å². The van der Waals surface area contributed by atoms with E-state index >= 15 is 4.39 Å². The Kier molecular flexibility index (Phi) is 6.45. The largest absolute Gasteiger partial charge is 0.350 e. The lowest BCUT2D eigenvalue weighted by Gasteiger charge is -2.24. The summed E-state index contributed by atoms with van der Waals surface area (Å²) in [5.41, 5.74) is 9.82. The lowest BCUT2D eigenvalue weighted by Crippen LogP contribution is -2.44. The lowest BCUT2D eigenvalue weighted by atomic mass is 10.0. The van der Waals surface area contributed by atoms with Crippen LogP contribution in [-0.4, -0.2) is 34.6 Å². The van der Waals surface area contributed by atoms with Crippen LogP contribution in [0.3, 0.4) is 0 Å². The van der Waals surface area contributed by atoms with E-state index in [9.17, 15) is 4.79 Å². The predicted octanol–water partition coefficient (Wildman–Crippen LogP) is 4.94. The summed E-state index contributed by atoms with van der Waals surface area (Å²) in [4.78, 5) is 21.4. The second-order valence-electron chi connectivity index (χ2n) is 9.33. The number of pyridine rings is 1. The van der Waals surface area contributed by atoms with E-state index in [0.717, 1.165) is 46.5 Å². The van der Waals surface area contributed by atoms with Crippen LogP contribution >= 0.6 is 0 Å². The molecule has 7 nitrogen and oxygen atoms in total. The molecule has 0 bridgehead atoms. The summed E-state index contributed by atoms with van der Waals surface area (Å²) >= 11 is 0. The number of hydrogen-bond donors (Lipinski definition) is 3. The van der Waals surface area contributed by atoms with Gasteiger partial charge in [0.15, 0.2) is 6.29 Å². The quantitative estimate of drug-likeness (QED) is 0.441. The van der Waals surface area contributed by atoms with Crippen LogP contribution in [0, 0.1) is 12.7 Å². The number of halogens is 1. The normalized spacial score (nSPS) is 19.0. The third-order valence-corrected chi connectivity index (χ3v) is 6.76. The number of benzene rings is 2. The molecule has 3 heterocycles. The number of aryl methyl sites for hydroxylation is 2. The first kappa shape index (κ1) is 23.9. The molecule has 2 aromatic carbocycles. The van der Waals surface area contributed by atoms with Crippen molar-refractivity contribution in [2.45, 2.75) is 52.9 Å². The maximum atomic E-state index is 15.1. The molecule has 2 aliphatic rings. The number of nitrogens with zero attached hydrogens (tertiary/aromatic N) is 3. The molecule has 2 aliphatic heterocycles. The van der Waals surface area contributed by atoms with Gasteiger partial charge in [0.05, 0.1) is 6.04 Å². The highest BCUT2D eigenvalue weighted by Crippen LogP contribution is 2.31. The van der Waals surface area contributed by atoms with Gasteiger partial charge in [-0.25, -0.2) is 9.38 Å². The predicted molar refractivity (Wildman–Crippen MR) is 140 cm³/mol. The average Bonchev–Trinajstić information content (AvgIpc) is 3.40. The highest BCUT2D eigenvalue weighted by atomic mass is 19.1. The molecule has 2 unspecified atom stereocenters. The number of amides is 1. The van der Waals surface area contributed by atoms with Crippen LogP contribution in [0.5, 0.6) is 0 Å². The molecular weight excluding hydrogens is 455 g/mol. The third kappa shape index (κ3) is 4.44. The number of fused-ring (bicyclic) bond motifs is 1. The van der Waals surface area contributed by atoms with Crippen LogP contribution in [0.1, 0.15) is 66.0 Å². The molecule has 0 saturated carbocycles. The molecule has 2 atom stereocenters. The molecule has 3 N–H and O–H groups in total. The molecule has 5 rings (SSSR count). The number of carbonyl (C=O) groups is 1. The Morgan fingerprint density at radius 1 is 1.08 bits per heavy atom. The number of anilines is 1. The Balaban J connectivity index is 1.38. The highest BCUT2D eigenvalue weighted by Gasteiger charge is 2.29. The van der Waals surface area contributed by atoms with E-state index in [1.807, 2.05) is 56.1 Å². The van der Waals surface area contributed by atoms with E-state index in [-0.39, 0.29) is 24.1 Å². The smallest absolute Gasteiger partial charge is 0.252 e. The maximum Gasteiger partial charge on any atom is 0.252 e. The van der Waals surface area contributed by atoms with E-state index in [1.165, 1.54) is 6.07 Å². The van der Waals surface area contributed by atoms with Gasteiger partial charge in [0.25, 0.3) is 5.91 Å². The SMILES string of the molecule is CCCc1ccc(-c2ccc(C3=NC(Nc4cc5c(cc4C)C(=O)NC5C)N(CC)N3)cc2F)cn1. The second kappa shape index (κ2) is 9.70. The number of hydrazine groups is 1. The van der Waals surface area contributed by atoms with Crippen molar-refractivity contribution in [1.82, 2.24) is 20.7 Å². The molecule has 3 aromatic rings. The second-order valence-corrected chi connectivity index (χ2v) is 9.33. The van der Waals surface area contributed by atoms with Crippen molar-refractivity contribution >= 4 is 17.4 Å². The highest BCUT2D eigenvalue weighted by molar-refractivity contribution is 6.01. The van der Waals surface area contributed by atoms with Crippen molar-refractivity contribution in [3.63, 3.8) is 0 Å². The minimum absolute atomic E-state index is 0.0313. The van der Waals surface area contributed by atoms with Gasteiger partial charge in [-0.05, 0) is 55.7 Å².